The van der Waals surface area contributed by atoms with Crippen molar-refractivity contribution >= 4 is 36.0 Å². The van der Waals surface area contributed by atoms with E-state index in [1.165, 1.54) is 11.8 Å². The first-order chi connectivity index (χ1) is 10.0. The van der Waals surface area contributed by atoms with Crippen LogP contribution in [0, 0.1) is 0 Å². The molecule has 4 N–H and O–H groups in total. The second kappa shape index (κ2) is 11.3. The average Bonchev–Trinajstić information content (AvgIpc) is 2.45. The Kier molecular flexibility index (Phi) is 10.7. The van der Waals surface area contributed by atoms with Gasteiger partial charge in [0.05, 0.1) is 11.3 Å². The number of halogens is 1. The maximum absolute atomic E-state index is 12.1. The number of carbonyl (C=O) groups excluding carboxylic acids is 2. The van der Waals surface area contributed by atoms with Gasteiger partial charge in [0.25, 0.3) is 5.91 Å². The first-order valence-corrected chi connectivity index (χ1v) is 8.02. The second-order valence-corrected chi connectivity index (χ2v) is 5.92. The lowest BCUT2D eigenvalue weighted by atomic mass is 10.2. The van der Waals surface area contributed by atoms with E-state index in [0.29, 0.717) is 24.4 Å². The highest BCUT2D eigenvalue weighted by Gasteiger charge is 2.12. The zero-order valence-corrected chi connectivity index (χ0v) is 14.6. The molecule has 0 saturated carbocycles. The van der Waals surface area contributed by atoms with Gasteiger partial charge in [-0.3, -0.25) is 9.59 Å². The molecule has 1 rings (SSSR count). The predicted molar refractivity (Wildman–Crippen MR) is 93.7 cm³/mol. The molecule has 0 aliphatic rings. The van der Waals surface area contributed by atoms with Gasteiger partial charge >= 0.3 is 0 Å². The van der Waals surface area contributed by atoms with Gasteiger partial charge in [0.15, 0.2) is 0 Å². The van der Waals surface area contributed by atoms with Gasteiger partial charge in [0.2, 0.25) is 5.91 Å². The largest absolute Gasteiger partial charge is 0.353 e. The molecule has 0 aliphatic carbocycles. The lowest BCUT2D eigenvalue weighted by molar-refractivity contribution is -0.119. The number of thioether (sulfide) groups is 1. The van der Waals surface area contributed by atoms with E-state index < -0.39 is 0 Å². The van der Waals surface area contributed by atoms with Crippen molar-refractivity contribution in [2.24, 2.45) is 5.73 Å². The molecule has 0 unspecified atom stereocenters. The van der Waals surface area contributed by atoms with Gasteiger partial charge in [-0.2, -0.15) is 0 Å². The zero-order valence-electron chi connectivity index (χ0n) is 12.9. The third-order valence-corrected chi connectivity index (χ3v) is 3.68. The summed E-state index contributed by atoms with van der Waals surface area (Å²) in [5, 5.41) is 5.66. The number of amides is 2. The van der Waals surface area contributed by atoms with Crippen LogP contribution in [-0.4, -0.2) is 36.7 Å². The van der Waals surface area contributed by atoms with Gasteiger partial charge in [0.1, 0.15) is 0 Å². The zero-order chi connectivity index (χ0) is 15.7. The minimum absolute atomic E-state index is 0. The third-order valence-electron chi connectivity index (χ3n) is 2.61. The summed E-state index contributed by atoms with van der Waals surface area (Å²) in [4.78, 5) is 24.6. The van der Waals surface area contributed by atoms with Gasteiger partial charge in [-0.1, -0.05) is 12.1 Å². The second-order valence-electron chi connectivity index (χ2n) is 4.91. The molecule has 0 bridgehead atoms. The summed E-state index contributed by atoms with van der Waals surface area (Å²) in [5.41, 5.74) is 6.00. The molecule has 7 heteroatoms. The summed E-state index contributed by atoms with van der Waals surface area (Å²) in [7, 11) is 0. The minimum Gasteiger partial charge on any atom is -0.353 e. The van der Waals surface area contributed by atoms with Crippen molar-refractivity contribution < 1.29 is 9.59 Å². The van der Waals surface area contributed by atoms with Crippen LogP contribution >= 0.6 is 24.2 Å². The maximum atomic E-state index is 12.1. The van der Waals surface area contributed by atoms with Crippen LogP contribution < -0.4 is 16.4 Å². The molecule has 0 spiro atoms. The molecule has 0 saturated heterocycles. The van der Waals surface area contributed by atoms with Crippen molar-refractivity contribution in [3.63, 3.8) is 0 Å². The summed E-state index contributed by atoms with van der Waals surface area (Å²) in [6.07, 6.45) is 0.748. The Morgan fingerprint density at radius 1 is 1.27 bits per heavy atom. The summed E-state index contributed by atoms with van der Waals surface area (Å²) in [6.45, 7) is 4.94. The normalized spacial score (nSPS) is 10.0. The molecule has 0 aliphatic heterocycles. The van der Waals surface area contributed by atoms with Crippen LogP contribution in [0.2, 0.25) is 0 Å². The van der Waals surface area contributed by atoms with Gasteiger partial charge in [-0.25, -0.2) is 0 Å². The Hall–Kier alpha value is -1.24. The maximum Gasteiger partial charge on any atom is 0.252 e. The molecule has 0 radical (unpaired) electrons. The fourth-order valence-corrected chi connectivity index (χ4v) is 2.55. The lowest BCUT2D eigenvalue weighted by Gasteiger charge is -2.11. The van der Waals surface area contributed by atoms with Crippen LogP contribution in [0.1, 0.15) is 30.6 Å². The molecule has 124 valence electrons. The van der Waals surface area contributed by atoms with Gasteiger partial charge in [-0.05, 0) is 38.9 Å². The van der Waals surface area contributed by atoms with E-state index in [4.69, 9.17) is 5.73 Å². The summed E-state index contributed by atoms with van der Waals surface area (Å²) in [5.74, 6) is 0.134. The Balaban J connectivity index is 0.00000441. The third kappa shape index (κ3) is 7.68. The number of hydrogen-bond donors (Lipinski definition) is 3. The van der Waals surface area contributed by atoms with Crippen molar-refractivity contribution in [1.82, 2.24) is 10.6 Å². The fourth-order valence-electron chi connectivity index (χ4n) is 1.69. The molecule has 0 atom stereocenters. The molecule has 0 heterocycles. The van der Waals surface area contributed by atoms with Crippen LogP contribution in [0.5, 0.6) is 0 Å². The Labute approximate surface area is 142 Å². The minimum atomic E-state index is -0.129. The van der Waals surface area contributed by atoms with Crippen LogP contribution in [0.25, 0.3) is 0 Å². The predicted octanol–water partition coefficient (Wildman–Crippen LogP) is 1.80. The van der Waals surface area contributed by atoms with E-state index >= 15 is 0 Å². The van der Waals surface area contributed by atoms with Crippen molar-refractivity contribution in [3.8, 4) is 0 Å². The van der Waals surface area contributed by atoms with Crippen molar-refractivity contribution in [1.29, 1.82) is 0 Å². The van der Waals surface area contributed by atoms with Crippen LogP contribution in [0.4, 0.5) is 0 Å². The fraction of sp³-hybridized carbons (Fsp3) is 0.467. The SMILES string of the molecule is CC(C)NC(=O)CSc1ccccc1C(=O)NCCCN.Cl. The molecule has 0 fully saturated rings. The number of nitrogens with one attached hydrogen (secondary N) is 2. The molecule has 1 aromatic carbocycles. The highest BCUT2D eigenvalue weighted by Crippen LogP contribution is 2.22. The van der Waals surface area contributed by atoms with E-state index in [0.717, 1.165) is 11.3 Å². The van der Waals surface area contributed by atoms with Crippen LogP contribution in [-0.2, 0) is 4.79 Å². The topological polar surface area (TPSA) is 84.2 Å². The molecular formula is C15H24ClN3O2S. The van der Waals surface area contributed by atoms with Gasteiger partial charge in [0, 0.05) is 17.5 Å². The van der Waals surface area contributed by atoms with Crippen molar-refractivity contribution in [2.45, 2.75) is 31.2 Å². The smallest absolute Gasteiger partial charge is 0.252 e. The Bertz CT molecular complexity index is 484. The van der Waals surface area contributed by atoms with Crippen LogP contribution in [0.15, 0.2) is 29.2 Å². The van der Waals surface area contributed by atoms with Gasteiger partial charge in [-0.15, -0.1) is 24.2 Å². The van der Waals surface area contributed by atoms with E-state index in [1.807, 2.05) is 32.0 Å². The number of hydrogen-bond acceptors (Lipinski definition) is 4. The molecule has 5 nitrogen and oxygen atoms in total. The quantitative estimate of drug-likeness (QED) is 0.495. The monoisotopic (exact) mass is 345 g/mol. The van der Waals surface area contributed by atoms with Gasteiger partial charge < -0.3 is 16.4 Å². The summed E-state index contributed by atoms with van der Waals surface area (Å²) in [6, 6.07) is 7.41. The molecule has 0 aromatic heterocycles. The standard InChI is InChI=1S/C15H23N3O2S.ClH/c1-11(2)18-14(19)10-21-13-7-4-3-6-12(13)15(20)17-9-5-8-16;/h3-4,6-7,11H,5,8-10,16H2,1-2H3,(H,17,20)(H,18,19);1H. The van der Waals surface area contributed by atoms with E-state index in [-0.39, 0.29) is 30.3 Å². The number of nitrogens with two attached hydrogens (primary N) is 1. The molecule has 2 amide bonds. The lowest BCUT2D eigenvalue weighted by Crippen LogP contribution is -2.31. The highest BCUT2D eigenvalue weighted by atomic mass is 35.5. The number of carbonyl (C=O) groups is 2. The van der Waals surface area contributed by atoms with Crippen molar-refractivity contribution in [3.05, 3.63) is 29.8 Å². The van der Waals surface area contributed by atoms with Crippen LogP contribution in [0.3, 0.4) is 0 Å². The number of benzene rings is 1. The first-order valence-electron chi connectivity index (χ1n) is 7.04. The summed E-state index contributed by atoms with van der Waals surface area (Å²) >= 11 is 1.37. The Morgan fingerprint density at radius 2 is 1.95 bits per heavy atom. The highest BCUT2D eigenvalue weighted by molar-refractivity contribution is 8.00. The van der Waals surface area contributed by atoms with E-state index in [9.17, 15) is 9.59 Å². The first kappa shape index (κ1) is 20.8. The Morgan fingerprint density at radius 3 is 2.59 bits per heavy atom. The summed E-state index contributed by atoms with van der Waals surface area (Å²) < 4.78 is 0. The average molecular weight is 346 g/mol. The molecular weight excluding hydrogens is 322 g/mol. The number of rotatable bonds is 8. The molecule has 1 aromatic rings. The molecule has 22 heavy (non-hydrogen) atoms. The van der Waals surface area contributed by atoms with E-state index in [1.54, 1.807) is 6.07 Å². The van der Waals surface area contributed by atoms with E-state index in [2.05, 4.69) is 10.6 Å². The van der Waals surface area contributed by atoms with Crippen molar-refractivity contribution in [2.75, 3.05) is 18.8 Å².